The van der Waals surface area contributed by atoms with Crippen LogP contribution in [0.2, 0.25) is 0 Å². The molecule has 0 aliphatic rings. The standard InChI is InChI=1S/C15H19NO/c1-4-16(2)11-12-5-6-14-10-15(17-3)8-7-13(14)9-12/h5-10H,4,11H2,1-3H3. The summed E-state index contributed by atoms with van der Waals surface area (Å²) in [7, 11) is 3.84. The van der Waals surface area contributed by atoms with Crippen molar-refractivity contribution >= 4 is 10.8 Å². The van der Waals surface area contributed by atoms with Crippen molar-refractivity contribution in [3.05, 3.63) is 42.0 Å². The summed E-state index contributed by atoms with van der Waals surface area (Å²) in [6, 6.07) is 12.8. The summed E-state index contributed by atoms with van der Waals surface area (Å²) in [6.07, 6.45) is 0. The third-order valence-electron chi connectivity index (χ3n) is 3.10. The minimum Gasteiger partial charge on any atom is -0.497 e. The lowest BCUT2D eigenvalue weighted by molar-refractivity contribution is 0.346. The lowest BCUT2D eigenvalue weighted by Crippen LogP contribution is -2.16. The smallest absolute Gasteiger partial charge is 0.119 e. The number of hydrogen-bond donors (Lipinski definition) is 0. The van der Waals surface area contributed by atoms with Gasteiger partial charge in [0.2, 0.25) is 0 Å². The Morgan fingerprint density at radius 1 is 1.06 bits per heavy atom. The summed E-state index contributed by atoms with van der Waals surface area (Å²) in [5, 5.41) is 2.50. The van der Waals surface area contributed by atoms with Crippen LogP contribution in [-0.4, -0.2) is 25.6 Å². The molecule has 0 aromatic heterocycles. The number of hydrogen-bond acceptors (Lipinski definition) is 2. The van der Waals surface area contributed by atoms with Crippen molar-refractivity contribution in [1.82, 2.24) is 4.90 Å². The van der Waals surface area contributed by atoms with Crippen LogP contribution in [0.3, 0.4) is 0 Å². The van der Waals surface area contributed by atoms with Gasteiger partial charge >= 0.3 is 0 Å². The Bertz CT molecular complexity index is 507. The molecule has 2 heteroatoms. The van der Waals surface area contributed by atoms with Crippen LogP contribution in [0.15, 0.2) is 36.4 Å². The Hall–Kier alpha value is -1.54. The van der Waals surface area contributed by atoms with Crippen LogP contribution in [0, 0.1) is 0 Å². The second-order valence-electron chi connectivity index (χ2n) is 4.38. The molecule has 0 atom stereocenters. The molecule has 0 radical (unpaired) electrons. The van der Waals surface area contributed by atoms with E-state index in [4.69, 9.17) is 4.74 Å². The SMILES string of the molecule is CCN(C)Cc1ccc2cc(OC)ccc2c1. The molecular formula is C15H19NO. The third kappa shape index (κ3) is 2.77. The summed E-state index contributed by atoms with van der Waals surface area (Å²) >= 11 is 0. The minimum atomic E-state index is 0.913. The Morgan fingerprint density at radius 3 is 2.47 bits per heavy atom. The van der Waals surface area contributed by atoms with Gasteiger partial charge in [-0.3, -0.25) is 0 Å². The molecule has 90 valence electrons. The van der Waals surface area contributed by atoms with Crippen molar-refractivity contribution in [2.24, 2.45) is 0 Å². The Kier molecular flexibility index (Phi) is 3.64. The summed E-state index contributed by atoms with van der Waals surface area (Å²) in [5.74, 6) is 0.913. The Morgan fingerprint density at radius 2 is 1.76 bits per heavy atom. The highest BCUT2D eigenvalue weighted by Crippen LogP contribution is 2.22. The predicted octanol–water partition coefficient (Wildman–Crippen LogP) is 3.30. The molecule has 2 nitrogen and oxygen atoms in total. The first-order valence-corrected chi connectivity index (χ1v) is 5.98. The first-order chi connectivity index (χ1) is 8.22. The third-order valence-corrected chi connectivity index (χ3v) is 3.10. The summed E-state index contributed by atoms with van der Waals surface area (Å²) in [5.41, 5.74) is 1.35. The van der Waals surface area contributed by atoms with Crippen molar-refractivity contribution in [3.63, 3.8) is 0 Å². The van der Waals surface area contributed by atoms with Gasteiger partial charge in [0.15, 0.2) is 0 Å². The quantitative estimate of drug-likeness (QED) is 0.797. The minimum absolute atomic E-state index is 0.913. The molecule has 17 heavy (non-hydrogen) atoms. The van der Waals surface area contributed by atoms with E-state index in [0.29, 0.717) is 0 Å². The van der Waals surface area contributed by atoms with Crippen LogP contribution in [0.1, 0.15) is 12.5 Å². The first kappa shape index (κ1) is 11.9. The lowest BCUT2D eigenvalue weighted by Gasteiger charge is -2.14. The van der Waals surface area contributed by atoms with Crippen molar-refractivity contribution in [1.29, 1.82) is 0 Å². The van der Waals surface area contributed by atoms with Crippen LogP contribution in [-0.2, 0) is 6.54 Å². The molecule has 0 saturated heterocycles. The zero-order valence-corrected chi connectivity index (χ0v) is 10.7. The molecule has 0 amide bonds. The van der Waals surface area contributed by atoms with Gasteiger partial charge in [-0.1, -0.05) is 25.1 Å². The second kappa shape index (κ2) is 5.19. The Labute approximate surface area is 103 Å². The monoisotopic (exact) mass is 229 g/mol. The van der Waals surface area contributed by atoms with Crippen LogP contribution >= 0.6 is 0 Å². The van der Waals surface area contributed by atoms with Crippen molar-refractivity contribution in [2.45, 2.75) is 13.5 Å². The topological polar surface area (TPSA) is 12.5 Å². The van der Waals surface area contributed by atoms with E-state index in [-0.39, 0.29) is 0 Å². The highest BCUT2D eigenvalue weighted by atomic mass is 16.5. The van der Waals surface area contributed by atoms with E-state index in [9.17, 15) is 0 Å². The van der Waals surface area contributed by atoms with E-state index in [1.165, 1.54) is 16.3 Å². The van der Waals surface area contributed by atoms with Gasteiger partial charge in [0, 0.05) is 6.54 Å². The molecule has 0 aliphatic heterocycles. The summed E-state index contributed by atoms with van der Waals surface area (Å²) in [6.45, 7) is 4.24. The summed E-state index contributed by atoms with van der Waals surface area (Å²) < 4.78 is 5.23. The van der Waals surface area contributed by atoms with Crippen LogP contribution in [0.5, 0.6) is 5.75 Å². The Balaban J connectivity index is 2.31. The zero-order valence-electron chi connectivity index (χ0n) is 10.7. The highest BCUT2D eigenvalue weighted by molar-refractivity contribution is 5.84. The van der Waals surface area contributed by atoms with Crippen molar-refractivity contribution in [2.75, 3.05) is 20.7 Å². The van der Waals surface area contributed by atoms with E-state index in [0.717, 1.165) is 18.8 Å². The zero-order chi connectivity index (χ0) is 12.3. The number of nitrogens with zero attached hydrogens (tertiary/aromatic N) is 1. The van der Waals surface area contributed by atoms with Crippen molar-refractivity contribution < 1.29 is 4.74 Å². The van der Waals surface area contributed by atoms with Crippen molar-refractivity contribution in [3.8, 4) is 5.75 Å². The van der Waals surface area contributed by atoms with Crippen LogP contribution < -0.4 is 4.74 Å². The molecular weight excluding hydrogens is 210 g/mol. The predicted molar refractivity (Wildman–Crippen MR) is 72.5 cm³/mol. The van der Waals surface area contributed by atoms with Gasteiger partial charge in [0.05, 0.1) is 7.11 Å². The van der Waals surface area contributed by atoms with Gasteiger partial charge in [0.25, 0.3) is 0 Å². The average molecular weight is 229 g/mol. The van der Waals surface area contributed by atoms with Gasteiger partial charge in [-0.2, -0.15) is 0 Å². The van der Waals surface area contributed by atoms with E-state index in [2.05, 4.69) is 49.2 Å². The largest absolute Gasteiger partial charge is 0.497 e. The lowest BCUT2D eigenvalue weighted by atomic mass is 10.1. The molecule has 2 aromatic carbocycles. The van der Waals surface area contributed by atoms with Gasteiger partial charge in [-0.05, 0) is 48.1 Å². The number of methoxy groups -OCH3 is 1. The second-order valence-corrected chi connectivity index (χ2v) is 4.38. The molecule has 0 N–H and O–H groups in total. The van der Waals surface area contributed by atoms with E-state index >= 15 is 0 Å². The fourth-order valence-electron chi connectivity index (χ4n) is 1.92. The molecule has 0 unspecified atom stereocenters. The van der Waals surface area contributed by atoms with Gasteiger partial charge in [-0.25, -0.2) is 0 Å². The molecule has 2 aromatic rings. The van der Waals surface area contributed by atoms with Gasteiger partial charge in [-0.15, -0.1) is 0 Å². The molecule has 2 rings (SSSR count). The number of ether oxygens (including phenoxy) is 1. The number of fused-ring (bicyclic) bond motifs is 1. The average Bonchev–Trinajstić information content (AvgIpc) is 2.38. The maximum absolute atomic E-state index is 5.23. The number of rotatable bonds is 4. The molecule has 0 heterocycles. The number of benzene rings is 2. The maximum Gasteiger partial charge on any atom is 0.119 e. The molecule has 0 aliphatic carbocycles. The van der Waals surface area contributed by atoms with E-state index < -0.39 is 0 Å². The highest BCUT2D eigenvalue weighted by Gasteiger charge is 2.01. The fourth-order valence-corrected chi connectivity index (χ4v) is 1.92. The first-order valence-electron chi connectivity index (χ1n) is 5.98. The van der Waals surface area contributed by atoms with E-state index in [1.807, 2.05) is 6.07 Å². The summed E-state index contributed by atoms with van der Waals surface area (Å²) in [4.78, 5) is 2.30. The molecule has 0 saturated carbocycles. The maximum atomic E-state index is 5.23. The molecule has 0 fully saturated rings. The molecule has 0 bridgehead atoms. The van der Waals surface area contributed by atoms with Gasteiger partial charge < -0.3 is 9.64 Å². The van der Waals surface area contributed by atoms with Crippen LogP contribution in [0.25, 0.3) is 10.8 Å². The van der Waals surface area contributed by atoms with Crippen LogP contribution in [0.4, 0.5) is 0 Å². The fraction of sp³-hybridized carbons (Fsp3) is 0.333. The van der Waals surface area contributed by atoms with E-state index in [1.54, 1.807) is 7.11 Å². The van der Waals surface area contributed by atoms with Gasteiger partial charge in [0.1, 0.15) is 5.75 Å². The normalized spacial score (nSPS) is 11.1. The molecule has 0 spiro atoms.